The Morgan fingerprint density at radius 3 is 1.56 bits per heavy atom. The number of carboxylic acids is 1. The Kier molecular flexibility index (Phi) is 3.87. The van der Waals surface area contributed by atoms with E-state index in [1.165, 1.54) is 0 Å². The lowest BCUT2D eigenvalue weighted by Crippen LogP contribution is -2.20. The number of aromatic carboxylic acids is 1. The minimum Gasteiger partial charge on any atom is -0.478 e. The zero-order chi connectivity index (χ0) is 14.3. The summed E-state index contributed by atoms with van der Waals surface area (Å²) >= 11 is 4.62. The van der Waals surface area contributed by atoms with E-state index in [9.17, 15) is 9.90 Å². The molecule has 100 valence electrons. The van der Waals surface area contributed by atoms with E-state index in [1.54, 1.807) is 12.1 Å². The quantitative estimate of drug-likeness (QED) is 0.745. The second-order valence-electron chi connectivity index (χ2n) is 6.73. The first-order valence-corrected chi connectivity index (χ1v) is 6.50. The summed E-state index contributed by atoms with van der Waals surface area (Å²) in [4.78, 5) is 12.1. The second-order valence-corrected chi connectivity index (χ2v) is 7.17. The molecule has 1 aromatic carbocycles. The molecule has 3 heteroatoms. The topological polar surface area (TPSA) is 37.3 Å². The minimum atomic E-state index is -0.890. The molecular weight excluding hydrogens is 244 g/mol. The van der Waals surface area contributed by atoms with Gasteiger partial charge in [-0.2, -0.15) is 0 Å². The van der Waals surface area contributed by atoms with Crippen LogP contribution in [0, 0.1) is 0 Å². The van der Waals surface area contributed by atoms with Crippen molar-refractivity contribution < 1.29 is 9.90 Å². The molecule has 0 heterocycles. The second kappa shape index (κ2) is 4.61. The number of benzene rings is 1. The van der Waals surface area contributed by atoms with Crippen LogP contribution in [0.25, 0.3) is 0 Å². The van der Waals surface area contributed by atoms with Crippen LogP contribution in [-0.4, -0.2) is 11.1 Å². The van der Waals surface area contributed by atoms with Crippen LogP contribution in [0.3, 0.4) is 0 Å². The van der Waals surface area contributed by atoms with Crippen LogP contribution in [-0.2, 0) is 10.8 Å². The number of carbonyl (C=O) groups is 1. The fourth-order valence-corrected chi connectivity index (χ4v) is 2.70. The highest BCUT2D eigenvalue weighted by Crippen LogP contribution is 2.37. The van der Waals surface area contributed by atoms with Gasteiger partial charge in [0.2, 0.25) is 0 Å². The number of hydrogen-bond donors (Lipinski definition) is 2. The average molecular weight is 266 g/mol. The van der Waals surface area contributed by atoms with E-state index in [1.807, 2.05) is 0 Å². The van der Waals surface area contributed by atoms with Gasteiger partial charge in [0.25, 0.3) is 0 Å². The fraction of sp³-hybridized carbons (Fsp3) is 0.533. The highest BCUT2D eigenvalue weighted by Gasteiger charge is 2.26. The van der Waals surface area contributed by atoms with Crippen LogP contribution in [0.1, 0.15) is 63.0 Å². The highest BCUT2D eigenvalue weighted by molar-refractivity contribution is 7.80. The van der Waals surface area contributed by atoms with Crippen LogP contribution in [0.5, 0.6) is 0 Å². The molecule has 0 saturated heterocycles. The van der Waals surface area contributed by atoms with Gasteiger partial charge in [0.05, 0.1) is 5.56 Å². The van der Waals surface area contributed by atoms with E-state index in [-0.39, 0.29) is 10.8 Å². The summed E-state index contributed by atoms with van der Waals surface area (Å²) in [7, 11) is 0. The molecule has 0 radical (unpaired) electrons. The van der Waals surface area contributed by atoms with Crippen LogP contribution >= 0.6 is 12.6 Å². The Bertz CT molecular complexity index is 441. The smallest absolute Gasteiger partial charge is 0.335 e. The molecule has 0 spiro atoms. The summed E-state index contributed by atoms with van der Waals surface area (Å²) in [5.41, 5.74) is 2.06. The van der Waals surface area contributed by atoms with Crippen molar-refractivity contribution >= 4 is 18.6 Å². The molecule has 0 aromatic heterocycles. The Balaban J connectivity index is 3.64. The van der Waals surface area contributed by atoms with Gasteiger partial charge in [-0.1, -0.05) is 41.5 Å². The van der Waals surface area contributed by atoms with Crippen molar-refractivity contribution in [3.8, 4) is 0 Å². The SMILES string of the molecule is CC(C)(C)c1cc(C(=O)O)cc(C(C)(C)C)c1S. The van der Waals surface area contributed by atoms with Gasteiger partial charge in [0.1, 0.15) is 0 Å². The van der Waals surface area contributed by atoms with Gasteiger partial charge in [-0.05, 0) is 34.1 Å². The van der Waals surface area contributed by atoms with E-state index in [0.29, 0.717) is 5.56 Å². The van der Waals surface area contributed by atoms with E-state index >= 15 is 0 Å². The third kappa shape index (κ3) is 3.08. The molecule has 1 rings (SSSR count). The van der Waals surface area contributed by atoms with Gasteiger partial charge in [-0.25, -0.2) is 4.79 Å². The Hall–Kier alpha value is -0.960. The summed E-state index contributed by atoms with van der Waals surface area (Å²) in [5, 5.41) is 9.23. The molecule has 0 saturated carbocycles. The van der Waals surface area contributed by atoms with Gasteiger partial charge in [-0.15, -0.1) is 12.6 Å². The summed E-state index contributed by atoms with van der Waals surface area (Å²) in [6.07, 6.45) is 0. The molecule has 0 amide bonds. The van der Waals surface area contributed by atoms with Crippen LogP contribution in [0.15, 0.2) is 17.0 Å². The van der Waals surface area contributed by atoms with E-state index in [4.69, 9.17) is 0 Å². The zero-order valence-corrected chi connectivity index (χ0v) is 12.9. The number of thiol groups is 1. The first kappa shape index (κ1) is 15.1. The van der Waals surface area contributed by atoms with Crippen LogP contribution in [0.4, 0.5) is 0 Å². The maximum atomic E-state index is 11.2. The molecule has 0 unspecified atom stereocenters. The maximum absolute atomic E-state index is 11.2. The van der Waals surface area contributed by atoms with Crippen molar-refractivity contribution in [1.29, 1.82) is 0 Å². The van der Waals surface area contributed by atoms with Crippen molar-refractivity contribution in [2.24, 2.45) is 0 Å². The van der Waals surface area contributed by atoms with Crippen molar-refractivity contribution in [3.05, 3.63) is 28.8 Å². The lowest BCUT2D eigenvalue weighted by molar-refractivity contribution is 0.0696. The zero-order valence-electron chi connectivity index (χ0n) is 12.0. The summed E-state index contributed by atoms with van der Waals surface area (Å²) in [5.74, 6) is -0.890. The summed E-state index contributed by atoms with van der Waals surface area (Å²) in [6.45, 7) is 12.4. The first-order chi connectivity index (χ1) is 7.94. The van der Waals surface area contributed by atoms with E-state index in [0.717, 1.165) is 16.0 Å². The van der Waals surface area contributed by atoms with Gasteiger partial charge < -0.3 is 5.11 Å². The number of carboxylic acid groups (broad SMARTS) is 1. The maximum Gasteiger partial charge on any atom is 0.335 e. The molecule has 0 aliphatic heterocycles. The molecule has 0 bridgehead atoms. The van der Waals surface area contributed by atoms with Gasteiger partial charge in [0.15, 0.2) is 0 Å². The monoisotopic (exact) mass is 266 g/mol. The lowest BCUT2D eigenvalue weighted by atomic mass is 9.79. The van der Waals surface area contributed by atoms with Crippen molar-refractivity contribution in [3.63, 3.8) is 0 Å². The third-order valence-corrected chi connectivity index (χ3v) is 3.45. The molecule has 1 aromatic rings. The predicted octanol–water partition coefficient (Wildman–Crippen LogP) is 4.27. The highest BCUT2D eigenvalue weighted by atomic mass is 32.1. The molecule has 2 nitrogen and oxygen atoms in total. The van der Waals surface area contributed by atoms with Crippen LogP contribution < -0.4 is 0 Å². The van der Waals surface area contributed by atoms with Crippen molar-refractivity contribution in [1.82, 2.24) is 0 Å². The Labute approximate surface area is 115 Å². The molecule has 18 heavy (non-hydrogen) atoms. The normalized spacial score (nSPS) is 12.6. The number of hydrogen-bond acceptors (Lipinski definition) is 2. The van der Waals surface area contributed by atoms with Gasteiger partial charge >= 0.3 is 5.97 Å². The lowest BCUT2D eigenvalue weighted by Gasteiger charge is -2.28. The third-order valence-electron chi connectivity index (χ3n) is 2.97. The Morgan fingerprint density at radius 1 is 1.00 bits per heavy atom. The molecule has 0 atom stereocenters. The molecule has 1 N–H and O–H groups in total. The molecule has 0 fully saturated rings. The minimum absolute atomic E-state index is 0.122. The summed E-state index contributed by atoms with van der Waals surface area (Å²) < 4.78 is 0. The average Bonchev–Trinajstić information content (AvgIpc) is 2.13. The van der Waals surface area contributed by atoms with E-state index < -0.39 is 5.97 Å². The molecule has 0 aliphatic rings. The number of rotatable bonds is 1. The van der Waals surface area contributed by atoms with Crippen LogP contribution in [0.2, 0.25) is 0 Å². The standard InChI is InChI=1S/C15H22O2S/c1-14(2,3)10-7-9(13(16)17)8-11(12(10)18)15(4,5)6/h7-8,18H,1-6H3,(H,16,17). The molecule has 0 aliphatic carbocycles. The first-order valence-electron chi connectivity index (χ1n) is 6.06. The summed E-state index contributed by atoms with van der Waals surface area (Å²) in [6, 6.07) is 3.47. The van der Waals surface area contributed by atoms with Crippen molar-refractivity contribution in [2.75, 3.05) is 0 Å². The van der Waals surface area contributed by atoms with Gasteiger partial charge in [0, 0.05) is 4.90 Å². The largest absolute Gasteiger partial charge is 0.478 e. The van der Waals surface area contributed by atoms with Crippen molar-refractivity contribution in [2.45, 2.75) is 57.3 Å². The van der Waals surface area contributed by atoms with Gasteiger partial charge in [-0.3, -0.25) is 0 Å². The predicted molar refractivity (Wildman–Crippen MR) is 78.1 cm³/mol. The molecular formula is C15H22O2S. The Morgan fingerprint density at radius 2 is 1.33 bits per heavy atom. The fourth-order valence-electron chi connectivity index (χ4n) is 1.90. The van der Waals surface area contributed by atoms with E-state index in [2.05, 4.69) is 54.2 Å².